The fourth-order valence-corrected chi connectivity index (χ4v) is 4.64. The fourth-order valence-electron chi connectivity index (χ4n) is 3.46. The summed E-state index contributed by atoms with van der Waals surface area (Å²) in [5.74, 6) is 2.32. The molecule has 2 saturated heterocycles. The summed E-state index contributed by atoms with van der Waals surface area (Å²) in [4.78, 5) is 7.42. The van der Waals surface area contributed by atoms with Gasteiger partial charge in [-0.25, -0.2) is 0 Å². The highest BCUT2D eigenvalue weighted by Crippen LogP contribution is 2.26. The molecule has 0 saturated carbocycles. The van der Waals surface area contributed by atoms with Gasteiger partial charge in [-0.05, 0) is 71.2 Å². The largest absolute Gasteiger partial charge is 0.357 e. The Kier molecular flexibility index (Phi) is 12.6. The van der Waals surface area contributed by atoms with E-state index in [2.05, 4.69) is 41.1 Å². The van der Waals surface area contributed by atoms with Crippen molar-refractivity contribution in [2.75, 3.05) is 38.5 Å². The van der Waals surface area contributed by atoms with E-state index in [1.54, 1.807) is 0 Å². The third-order valence-electron chi connectivity index (χ3n) is 4.93. The molecule has 24 heavy (non-hydrogen) atoms. The molecule has 0 amide bonds. The Morgan fingerprint density at radius 2 is 2.04 bits per heavy atom. The number of nitrogens with zero attached hydrogens (tertiary/aromatic N) is 2. The molecule has 0 aliphatic carbocycles. The van der Waals surface area contributed by atoms with Crippen LogP contribution in [0.3, 0.4) is 0 Å². The van der Waals surface area contributed by atoms with Crippen molar-refractivity contribution in [2.24, 2.45) is 4.99 Å². The lowest BCUT2D eigenvalue weighted by Crippen LogP contribution is -2.39. The van der Waals surface area contributed by atoms with Crippen LogP contribution in [0.1, 0.15) is 58.8 Å². The molecular formula is C18H37IN4S. The molecule has 2 aliphatic rings. The van der Waals surface area contributed by atoms with Gasteiger partial charge < -0.3 is 15.5 Å². The van der Waals surface area contributed by atoms with Gasteiger partial charge in [0.05, 0.1) is 6.54 Å². The van der Waals surface area contributed by atoms with Gasteiger partial charge in [-0.2, -0.15) is 11.8 Å². The van der Waals surface area contributed by atoms with Crippen LogP contribution >= 0.6 is 35.7 Å². The van der Waals surface area contributed by atoms with E-state index < -0.39 is 0 Å². The summed E-state index contributed by atoms with van der Waals surface area (Å²) in [6, 6.07) is 0.791. The van der Waals surface area contributed by atoms with Crippen molar-refractivity contribution in [2.45, 2.75) is 70.1 Å². The highest BCUT2D eigenvalue weighted by molar-refractivity contribution is 14.0. The SMILES string of the molecule is CCNC(=NCC1CCCS1)NCCCCN1CCCCC1C.I. The molecule has 4 nitrogen and oxygen atoms in total. The molecule has 2 fully saturated rings. The minimum absolute atomic E-state index is 0. The number of halogens is 1. The van der Waals surface area contributed by atoms with Crippen LogP contribution in [-0.2, 0) is 0 Å². The second kappa shape index (κ2) is 13.5. The average Bonchev–Trinajstić information content (AvgIpc) is 3.07. The smallest absolute Gasteiger partial charge is 0.191 e. The minimum Gasteiger partial charge on any atom is -0.357 e. The first-order valence-electron chi connectivity index (χ1n) is 9.67. The van der Waals surface area contributed by atoms with E-state index in [0.29, 0.717) is 0 Å². The summed E-state index contributed by atoms with van der Waals surface area (Å²) in [5, 5.41) is 7.62. The molecule has 2 rings (SSSR count). The molecule has 142 valence electrons. The van der Waals surface area contributed by atoms with Crippen LogP contribution in [0.25, 0.3) is 0 Å². The Balaban J connectivity index is 0.00000288. The van der Waals surface area contributed by atoms with Crippen molar-refractivity contribution in [1.82, 2.24) is 15.5 Å². The van der Waals surface area contributed by atoms with Gasteiger partial charge in [0.25, 0.3) is 0 Å². The molecule has 0 aromatic carbocycles. The predicted octanol–water partition coefficient (Wildman–Crippen LogP) is 3.71. The molecule has 0 aromatic heterocycles. The first-order valence-corrected chi connectivity index (χ1v) is 10.7. The highest BCUT2D eigenvalue weighted by Gasteiger charge is 2.17. The lowest BCUT2D eigenvalue weighted by Gasteiger charge is -2.33. The summed E-state index contributed by atoms with van der Waals surface area (Å²) in [6.45, 7) is 10.0. The van der Waals surface area contributed by atoms with Crippen molar-refractivity contribution in [1.29, 1.82) is 0 Å². The van der Waals surface area contributed by atoms with Crippen molar-refractivity contribution in [3.8, 4) is 0 Å². The zero-order valence-corrected chi connectivity index (χ0v) is 18.7. The maximum Gasteiger partial charge on any atom is 0.191 e. The normalized spacial score (nSPS) is 25.3. The zero-order valence-electron chi connectivity index (χ0n) is 15.6. The van der Waals surface area contributed by atoms with Crippen LogP contribution in [-0.4, -0.2) is 60.6 Å². The molecule has 0 radical (unpaired) electrons. The van der Waals surface area contributed by atoms with Crippen molar-refractivity contribution in [3.05, 3.63) is 0 Å². The van der Waals surface area contributed by atoms with Crippen molar-refractivity contribution in [3.63, 3.8) is 0 Å². The van der Waals surface area contributed by atoms with Gasteiger partial charge in [-0.3, -0.25) is 4.99 Å². The number of guanidine groups is 1. The molecule has 0 aromatic rings. The highest BCUT2D eigenvalue weighted by atomic mass is 127. The van der Waals surface area contributed by atoms with E-state index in [1.807, 2.05) is 0 Å². The second-order valence-electron chi connectivity index (χ2n) is 6.87. The number of rotatable bonds is 8. The van der Waals surface area contributed by atoms with Gasteiger partial charge in [-0.1, -0.05) is 6.42 Å². The topological polar surface area (TPSA) is 39.7 Å². The summed E-state index contributed by atoms with van der Waals surface area (Å²) < 4.78 is 0. The van der Waals surface area contributed by atoms with Crippen LogP contribution < -0.4 is 10.6 Å². The fraction of sp³-hybridized carbons (Fsp3) is 0.944. The lowest BCUT2D eigenvalue weighted by atomic mass is 10.0. The maximum absolute atomic E-state index is 4.76. The molecule has 0 spiro atoms. The molecule has 2 heterocycles. The molecule has 2 atom stereocenters. The van der Waals surface area contributed by atoms with E-state index in [1.165, 1.54) is 63.8 Å². The van der Waals surface area contributed by atoms with Crippen LogP contribution in [0.5, 0.6) is 0 Å². The number of unbranched alkanes of at least 4 members (excludes halogenated alkanes) is 1. The first-order chi connectivity index (χ1) is 11.3. The Bertz CT molecular complexity index is 348. The third kappa shape index (κ3) is 8.61. The number of thioether (sulfide) groups is 1. The second-order valence-corrected chi connectivity index (χ2v) is 8.28. The lowest BCUT2D eigenvalue weighted by molar-refractivity contribution is 0.158. The Morgan fingerprint density at radius 3 is 2.75 bits per heavy atom. The van der Waals surface area contributed by atoms with Crippen LogP contribution in [0.2, 0.25) is 0 Å². The molecule has 6 heteroatoms. The van der Waals surface area contributed by atoms with Gasteiger partial charge in [-0.15, -0.1) is 24.0 Å². The number of nitrogens with one attached hydrogen (secondary N) is 2. The van der Waals surface area contributed by atoms with Gasteiger partial charge >= 0.3 is 0 Å². The Hall–Kier alpha value is 0.310. The molecular weight excluding hydrogens is 431 g/mol. The number of likely N-dealkylation sites (tertiary alicyclic amines) is 1. The summed E-state index contributed by atoms with van der Waals surface area (Å²) in [5.41, 5.74) is 0. The molecule has 2 unspecified atom stereocenters. The monoisotopic (exact) mass is 468 g/mol. The number of piperidine rings is 1. The van der Waals surface area contributed by atoms with Gasteiger partial charge in [0.15, 0.2) is 5.96 Å². The Labute approximate surface area is 170 Å². The van der Waals surface area contributed by atoms with E-state index in [-0.39, 0.29) is 24.0 Å². The summed E-state index contributed by atoms with van der Waals surface area (Å²) in [7, 11) is 0. The standard InChI is InChI=1S/C18H36N4S.HI/c1-3-19-18(21-15-17-10-8-14-23-17)20-11-5-7-13-22-12-6-4-9-16(22)2;/h16-17H,3-15H2,1-2H3,(H2,19,20,21);1H. The Morgan fingerprint density at radius 1 is 1.17 bits per heavy atom. The first kappa shape index (κ1) is 22.4. The van der Waals surface area contributed by atoms with E-state index >= 15 is 0 Å². The minimum atomic E-state index is 0. The number of hydrogen-bond donors (Lipinski definition) is 2. The van der Waals surface area contributed by atoms with Gasteiger partial charge in [0.1, 0.15) is 0 Å². The number of aliphatic imine (C=N–C) groups is 1. The van der Waals surface area contributed by atoms with E-state index in [0.717, 1.165) is 36.9 Å². The van der Waals surface area contributed by atoms with Crippen LogP contribution in [0.4, 0.5) is 0 Å². The number of hydrogen-bond acceptors (Lipinski definition) is 3. The predicted molar refractivity (Wildman–Crippen MR) is 119 cm³/mol. The van der Waals surface area contributed by atoms with Crippen LogP contribution in [0, 0.1) is 0 Å². The molecule has 0 bridgehead atoms. The summed E-state index contributed by atoms with van der Waals surface area (Å²) >= 11 is 2.08. The van der Waals surface area contributed by atoms with Crippen molar-refractivity contribution >= 4 is 41.7 Å². The quantitative estimate of drug-likeness (QED) is 0.247. The van der Waals surface area contributed by atoms with E-state index in [4.69, 9.17) is 4.99 Å². The molecule has 2 N–H and O–H groups in total. The van der Waals surface area contributed by atoms with Crippen molar-refractivity contribution < 1.29 is 0 Å². The molecule has 2 aliphatic heterocycles. The third-order valence-corrected chi connectivity index (χ3v) is 6.31. The van der Waals surface area contributed by atoms with E-state index in [9.17, 15) is 0 Å². The zero-order chi connectivity index (χ0) is 16.3. The van der Waals surface area contributed by atoms with Gasteiger partial charge in [0, 0.05) is 24.4 Å². The maximum atomic E-state index is 4.76. The summed E-state index contributed by atoms with van der Waals surface area (Å²) in [6.07, 6.45) is 9.40. The average molecular weight is 468 g/mol. The van der Waals surface area contributed by atoms with Crippen LogP contribution in [0.15, 0.2) is 4.99 Å². The van der Waals surface area contributed by atoms with Gasteiger partial charge in [0.2, 0.25) is 0 Å².